The molecule has 1 atom stereocenters. The third kappa shape index (κ3) is 3.74. The summed E-state index contributed by atoms with van der Waals surface area (Å²) >= 11 is 0. The first-order valence-electron chi connectivity index (χ1n) is 8.39. The molecule has 2 amide bonds. The van der Waals surface area contributed by atoms with Crippen molar-refractivity contribution >= 4 is 22.7 Å². The molecule has 1 N–H and O–H groups in total. The van der Waals surface area contributed by atoms with Gasteiger partial charge in [0, 0.05) is 31.0 Å². The van der Waals surface area contributed by atoms with Crippen LogP contribution >= 0.6 is 0 Å². The summed E-state index contributed by atoms with van der Waals surface area (Å²) in [5, 5.41) is 3.03. The number of hydrogen-bond donors (Lipinski definition) is 1. The van der Waals surface area contributed by atoms with Crippen LogP contribution in [0.1, 0.15) is 16.9 Å². The Morgan fingerprint density at radius 1 is 1.41 bits per heavy atom. The van der Waals surface area contributed by atoms with Gasteiger partial charge in [-0.1, -0.05) is 18.7 Å². The topological polar surface area (TPSA) is 71.5 Å². The number of hydrogen-bond acceptors (Lipinski definition) is 4. The van der Waals surface area contributed by atoms with Crippen LogP contribution in [-0.2, 0) is 4.79 Å². The zero-order valence-corrected chi connectivity index (χ0v) is 14.7. The van der Waals surface area contributed by atoms with Gasteiger partial charge < -0.3 is 15.0 Å². The molecule has 0 saturated carbocycles. The van der Waals surface area contributed by atoms with Crippen molar-refractivity contribution in [3.63, 3.8) is 0 Å². The molecule has 0 spiro atoms. The fraction of sp³-hybridized carbons (Fsp3) is 0.316. The second-order valence-corrected chi connectivity index (χ2v) is 6.25. The van der Waals surface area contributed by atoms with E-state index in [0.29, 0.717) is 16.7 Å². The van der Waals surface area contributed by atoms with Gasteiger partial charge in [0.15, 0.2) is 0 Å². The van der Waals surface area contributed by atoms with Gasteiger partial charge >= 0.3 is 0 Å². The summed E-state index contributed by atoms with van der Waals surface area (Å²) in [6.45, 7) is 2.98. The van der Waals surface area contributed by atoms with E-state index in [1.807, 2.05) is 0 Å². The lowest BCUT2D eigenvalue weighted by Crippen LogP contribution is -2.59. The van der Waals surface area contributed by atoms with Crippen molar-refractivity contribution in [1.82, 2.24) is 15.2 Å². The lowest BCUT2D eigenvalue weighted by Gasteiger charge is -2.38. The van der Waals surface area contributed by atoms with Crippen molar-refractivity contribution in [3.8, 4) is 5.75 Å². The summed E-state index contributed by atoms with van der Waals surface area (Å²) in [5.41, 5.74) is 0.481. The molecule has 142 valence electrons. The number of nitrogens with one attached hydrogen (secondary N) is 1. The molecule has 2 aromatic rings. The van der Waals surface area contributed by atoms with Gasteiger partial charge in [0.25, 0.3) is 11.8 Å². The number of piperidine rings is 1. The molecule has 1 saturated heterocycles. The Morgan fingerprint density at radius 2 is 2.15 bits per heavy atom. The Morgan fingerprint density at radius 3 is 2.85 bits per heavy atom. The average molecular weight is 375 g/mol. The zero-order chi connectivity index (χ0) is 19.6. The highest BCUT2D eigenvalue weighted by Crippen LogP contribution is 2.29. The van der Waals surface area contributed by atoms with Crippen molar-refractivity contribution in [2.75, 3.05) is 20.2 Å². The van der Waals surface area contributed by atoms with Gasteiger partial charge in [-0.15, -0.1) is 0 Å². The molecule has 1 aromatic carbocycles. The number of fused-ring (bicyclic) bond motifs is 1. The van der Waals surface area contributed by atoms with Crippen LogP contribution in [0.25, 0.3) is 10.9 Å². The van der Waals surface area contributed by atoms with Crippen LogP contribution < -0.4 is 10.1 Å². The summed E-state index contributed by atoms with van der Waals surface area (Å²) in [7, 11) is 1.46. The Bertz CT molecular complexity index is 901. The van der Waals surface area contributed by atoms with Gasteiger partial charge in [-0.25, -0.2) is 13.8 Å². The molecule has 1 fully saturated rings. The first-order valence-corrected chi connectivity index (χ1v) is 8.39. The van der Waals surface area contributed by atoms with Crippen LogP contribution in [0.2, 0.25) is 0 Å². The van der Waals surface area contributed by atoms with E-state index in [-0.39, 0.29) is 18.8 Å². The molecule has 0 aliphatic carbocycles. The largest absolute Gasteiger partial charge is 0.496 e. The number of ether oxygens (including phenoxy) is 1. The molecular formula is C19H19F2N3O3. The van der Waals surface area contributed by atoms with E-state index in [4.69, 9.17) is 4.74 Å². The second kappa shape index (κ2) is 7.30. The predicted octanol–water partition coefficient (Wildman–Crippen LogP) is 2.40. The van der Waals surface area contributed by atoms with Gasteiger partial charge in [0.2, 0.25) is 5.91 Å². The molecule has 0 radical (unpaired) electrons. The molecule has 0 unspecified atom stereocenters. The molecule has 1 aliphatic rings. The number of amides is 2. The molecule has 0 bridgehead atoms. The van der Waals surface area contributed by atoms with E-state index in [1.165, 1.54) is 18.1 Å². The first-order chi connectivity index (χ1) is 12.9. The minimum absolute atomic E-state index is 0.0338. The standard InChI is InChI=1S/C19H19F2N3O3/c1-3-17(25)24-9-8-19(20,21)16(11-24)23-18(26)14-10-15(27-2)12-6-4-5-7-13(12)22-14/h3-7,10,16H,1,8-9,11H2,2H3,(H,23,26)/t16-/m1/s1. The Hall–Kier alpha value is -3.03. The lowest BCUT2D eigenvalue weighted by molar-refractivity contribution is -0.135. The molecule has 3 rings (SSSR count). The maximum Gasteiger partial charge on any atom is 0.271 e. The van der Waals surface area contributed by atoms with E-state index >= 15 is 0 Å². The van der Waals surface area contributed by atoms with E-state index in [0.717, 1.165) is 6.08 Å². The molecule has 8 heteroatoms. The predicted molar refractivity (Wildman–Crippen MR) is 95.9 cm³/mol. The third-order valence-corrected chi connectivity index (χ3v) is 4.55. The normalized spacial score (nSPS) is 18.8. The van der Waals surface area contributed by atoms with E-state index in [1.54, 1.807) is 24.3 Å². The highest BCUT2D eigenvalue weighted by atomic mass is 19.3. The van der Waals surface area contributed by atoms with Crippen LogP contribution in [0.5, 0.6) is 5.75 Å². The van der Waals surface area contributed by atoms with Crippen LogP contribution in [0, 0.1) is 0 Å². The maximum absolute atomic E-state index is 14.3. The molecule has 6 nitrogen and oxygen atoms in total. The van der Waals surface area contributed by atoms with Crippen LogP contribution in [0.4, 0.5) is 8.78 Å². The zero-order valence-electron chi connectivity index (χ0n) is 14.7. The van der Waals surface area contributed by atoms with Crippen molar-refractivity contribution < 1.29 is 23.1 Å². The SMILES string of the molecule is C=CC(=O)N1CCC(F)(F)[C@H](NC(=O)c2cc(OC)c3ccccc3n2)C1. The summed E-state index contributed by atoms with van der Waals surface area (Å²) < 4.78 is 33.8. The quantitative estimate of drug-likeness (QED) is 0.833. The molecule has 1 aliphatic heterocycles. The number of aromatic nitrogens is 1. The average Bonchev–Trinajstić information content (AvgIpc) is 2.67. The first kappa shape index (κ1) is 18.8. The smallest absolute Gasteiger partial charge is 0.271 e. The number of halogens is 2. The van der Waals surface area contributed by atoms with Gasteiger partial charge in [0.05, 0.1) is 12.6 Å². The van der Waals surface area contributed by atoms with Crippen LogP contribution in [0.15, 0.2) is 43.0 Å². The molecule has 1 aromatic heterocycles. The molecular weight excluding hydrogens is 356 g/mol. The Labute approximate surface area is 154 Å². The Kier molecular flexibility index (Phi) is 5.07. The van der Waals surface area contributed by atoms with E-state index < -0.39 is 30.2 Å². The molecule has 2 heterocycles. The fourth-order valence-electron chi connectivity index (χ4n) is 3.04. The van der Waals surface area contributed by atoms with Gasteiger partial charge in [-0.2, -0.15) is 0 Å². The minimum atomic E-state index is -3.13. The summed E-state index contributed by atoms with van der Waals surface area (Å²) in [6, 6.07) is 6.95. The van der Waals surface area contributed by atoms with E-state index in [9.17, 15) is 18.4 Å². The number of methoxy groups -OCH3 is 1. The van der Waals surface area contributed by atoms with Crippen molar-refractivity contribution in [3.05, 3.63) is 48.7 Å². The number of carbonyl (C=O) groups excluding carboxylic acids is 2. The highest BCUT2D eigenvalue weighted by Gasteiger charge is 2.45. The molecule has 27 heavy (non-hydrogen) atoms. The number of carbonyl (C=O) groups is 2. The van der Waals surface area contributed by atoms with E-state index in [2.05, 4.69) is 16.9 Å². The summed E-state index contributed by atoms with van der Waals surface area (Å²) in [5.74, 6) is -3.91. The lowest BCUT2D eigenvalue weighted by atomic mass is 10.0. The minimum Gasteiger partial charge on any atom is -0.496 e. The highest BCUT2D eigenvalue weighted by molar-refractivity contribution is 5.97. The maximum atomic E-state index is 14.3. The number of alkyl halides is 2. The number of rotatable bonds is 4. The van der Waals surface area contributed by atoms with Gasteiger partial charge in [-0.3, -0.25) is 9.59 Å². The fourth-order valence-corrected chi connectivity index (χ4v) is 3.04. The number of pyridine rings is 1. The van der Waals surface area contributed by atoms with Crippen molar-refractivity contribution in [2.45, 2.75) is 18.4 Å². The number of benzene rings is 1. The van der Waals surface area contributed by atoms with Crippen molar-refractivity contribution in [2.24, 2.45) is 0 Å². The second-order valence-electron chi connectivity index (χ2n) is 6.25. The van der Waals surface area contributed by atoms with Crippen LogP contribution in [-0.4, -0.2) is 53.9 Å². The van der Waals surface area contributed by atoms with Gasteiger partial charge in [0.1, 0.15) is 17.5 Å². The summed E-state index contributed by atoms with van der Waals surface area (Å²) in [6.07, 6.45) is 0.532. The van der Waals surface area contributed by atoms with Crippen molar-refractivity contribution in [1.29, 1.82) is 0 Å². The number of nitrogens with zero attached hydrogens (tertiary/aromatic N) is 2. The number of para-hydroxylation sites is 1. The van der Waals surface area contributed by atoms with Crippen LogP contribution in [0.3, 0.4) is 0 Å². The monoisotopic (exact) mass is 375 g/mol. The number of likely N-dealkylation sites (tertiary alicyclic amines) is 1. The Balaban J connectivity index is 1.86. The summed E-state index contributed by atoms with van der Waals surface area (Å²) in [4.78, 5) is 29.8. The van der Waals surface area contributed by atoms with Gasteiger partial charge in [-0.05, 0) is 18.2 Å². The third-order valence-electron chi connectivity index (χ3n) is 4.55.